The van der Waals surface area contributed by atoms with E-state index in [2.05, 4.69) is 20.8 Å². The Labute approximate surface area is 187 Å². The van der Waals surface area contributed by atoms with Gasteiger partial charge in [-0.2, -0.15) is 18.3 Å². The Morgan fingerprint density at radius 1 is 1.24 bits per heavy atom. The molecule has 0 radical (unpaired) electrons. The van der Waals surface area contributed by atoms with Crippen LogP contribution in [0.1, 0.15) is 48.4 Å². The first-order valence-electron chi connectivity index (χ1n) is 10.3. The molecular formula is C20H22F4N4O4S. The minimum Gasteiger partial charge on any atom is -0.446 e. The van der Waals surface area contributed by atoms with Gasteiger partial charge >= 0.3 is 12.3 Å². The lowest BCUT2D eigenvalue weighted by Gasteiger charge is -2.13. The molecule has 0 saturated heterocycles. The molecular weight excluding hydrogens is 468 g/mol. The van der Waals surface area contributed by atoms with E-state index >= 15 is 0 Å². The zero-order valence-corrected chi connectivity index (χ0v) is 18.2. The minimum absolute atomic E-state index is 0.0176. The predicted octanol–water partition coefficient (Wildman–Crippen LogP) is 4.04. The highest BCUT2D eigenvalue weighted by Gasteiger charge is 2.32. The lowest BCUT2D eigenvalue weighted by molar-refractivity contribution is -0.133. The topological polar surface area (TPSA) is 113 Å². The number of nitrogens with zero attached hydrogens (tertiary/aromatic N) is 1. The average molecular weight is 490 g/mol. The molecule has 8 nitrogen and oxygen atoms in total. The number of amides is 1. The van der Waals surface area contributed by atoms with Crippen molar-refractivity contribution in [3.05, 3.63) is 40.8 Å². The lowest BCUT2D eigenvalue weighted by Crippen LogP contribution is -2.31. The number of hydrogen-bond donors (Lipinski definition) is 3. The monoisotopic (exact) mass is 490 g/mol. The van der Waals surface area contributed by atoms with Crippen molar-refractivity contribution in [2.24, 2.45) is 0 Å². The van der Waals surface area contributed by atoms with Crippen LogP contribution in [0, 0.1) is 5.82 Å². The molecule has 33 heavy (non-hydrogen) atoms. The van der Waals surface area contributed by atoms with Crippen LogP contribution in [0.3, 0.4) is 0 Å². The summed E-state index contributed by atoms with van der Waals surface area (Å²) in [5.41, 5.74) is 1.48. The smallest absolute Gasteiger partial charge is 0.407 e. The number of hydrogen-bond acceptors (Lipinski definition) is 6. The second-order valence-corrected chi connectivity index (χ2v) is 10.3. The fourth-order valence-corrected chi connectivity index (χ4v) is 5.73. The molecule has 3 N–H and O–H groups in total. The van der Waals surface area contributed by atoms with Gasteiger partial charge < -0.3 is 15.4 Å². The van der Waals surface area contributed by atoms with E-state index in [1.807, 2.05) is 0 Å². The number of nitrogens with one attached hydrogen (secondary N) is 3. The number of aromatic nitrogens is 2. The van der Waals surface area contributed by atoms with E-state index in [0.717, 1.165) is 5.69 Å². The molecule has 13 heteroatoms. The van der Waals surface area contributed by atoms with Crippen molar-refractivity contribution in [1.82, 2.24) is 15.5 Å². The summed E-state index contributed by atoms with van der Waals surface area (Å²) in [6.07, 6.45) is -5.10. The second-order valence-electron chi connectivity index (χ2n) is 8.26. The van der Waals surface area contributed by atoms with Crippen LogP contribution < -0.4 is 10.6 Å². The highest BCUT2D eigenvalue weighted by atomic mass is 32.2. The van der Waals surface area contributed by atoms with Gasteiger partial charge in [-0.15, -0.1) is 0 Å². The van der Waals surface area contributed by atoms with Crippen molar-refractivity contribution in [3.8, 4) is 0 Å². The van der Waals surface area contributed by atoms with E-state index in [9.17, 15) is 30.8 Å². The Morgan fingerprint density at radius 3 is 2.79 bits per heavy atom. The third-order valence-electron chi connectivity index (χ3n) is 5.72. The molecule has 0 spiro atoms. The molecule has 1 aromatic heterocycles. The molecule has 1 aliphatic carbocycles. The number of halogens is 4. The van der Waals surface area contributed by atoms with E-state index < -0.39 is 47.0 Å². The van der Waals surface area contributed by atoms with Crippen molar-refractivity contribution < 1.29 is 35.5 Å². The molecule has 0 bridgehead atoms. The standard InChI is InChI=1S/C20H22F4N4O4S/c21-18-14-10-33(30,31)9-12(14)2-4-15(18)26-17-8-16(27-28-17)11-1-3-13(7-11)32-19(29)25-6-5-20(22,23)24/h2,4,8,11,13H,1,3,5-7,9-10H2,(H,25,29)(H2,26,27,28). The molecule has 1 amide bonds. The molecule has 4 rings (SSSR count). The van der Waals surface area contributed by atoms with Gasteiger partial charge in [0.25, 0.3) is 0 Å². The third kappa shape index (κ3) is 5.75. The van der Waals surface area contributed by atoms with Gasteiger partial charge in [-0.3, -0.25) is 5.10 Å². The number of alkyl halides is 3. The van der Waals surface area contributed by atoms with Gasteiger partial charge in [0.1, 0.15) is 6.10 Å². The molecule has 1 fully saturated rings. The summed E-state index contributed by atoms with van der Waals surface area (Å²) in [4.78, 5) is 11.7. The predicted molar refractivity (Wildman–Crippen MR) is 110 cm³/mol. The minimum atomic E-state index is -4.35. The molecule has 2 aromatic rings. The summed E-state index contributed by atoms with van der Waals surface area (Å²) >= 11 is 0. The third-order valence-corrected chi connectivity index (χ3v) is 7.20. The number of anilines is 2. The van der Waals surface area contributed by atoms with Crippen LogP contribution in [0.15, 0.2) is 18.2 Å². The van der Waals surface area contributed by atoms with Crippen molar-refractivity contribution in [2.75, 3.05) is 11.9 Å². The van der Waals surface area contributed by atoms with Crippen LogP contribution in [0.5, 0.6) is 0 Å². The van der Waals surface area contributed by atoms with Crippen LogP contribution in [0.2, 0.25) is 0 Å². The first-order chi connectivity index (χ1) is 15.5. The Hall–Kier alpha value is -2.83. The van der Waals surface area contributed by atoms with Crippen molar-refractivity contribution in [3.63, 3.8) is 0 Å². The quantitative estimate of drug-likeness (QED) is 0.527. The number of carbonyl (C=O) groups is 1. The maximum absolute atomic E-state index is 14.8. The zero-order chi connectivity index (χ0) is 23.8. The number of rotatable bonds is 6. The molecule has 1 saturated carbocycles. The summed E-state index contributed by atoms with van der Waals surface area (Å²) in [6, 6.07) is 4.75. The molecule has 2 unspecified atom stereocenters. The Morgan fingerprint density at radius 2 is 2.03 bits per heavy atom. The van der Waals surface area contributed by atoms with Crippen molar-refractivity contribution in [1.29, 1.82) is 0 Å². The van der Waals surface area contributed by atoms with E-state index in [1.54, 1.807) is 12.1 Å². The Bertz CT molecular complexity index is 1150. The van der Waals surface area contributed by atoms with Gasteiger partial charge in [0, 0.05) is 29.8 Å². The van der Waals surface area contributed by atoms with E-state index in [1.165, 1.54) is 6.07 Å². The first-order valence-corrected chi connectivity index (χ1v) is 12.2. The number of fused-ring (bicyclic) bond motifs is 1. The lowest BCUT2D eigenvalue weighted by atomic mass is 10.0. The van der Waals surface area contributed by atoms with Gasteiger partial charge in [-0.25, -0.2) is 17.6 Å². The molecule has 2 heterocycles. The van der Waals surface area contributed by atoms with E-state index in [-0.39, 0.29) is 28.7 Å². The van der Waals surface area contributed by atoms with Gasteiger partial charge in [0.15, 0.2) is 21.5 Å². The summed E-state index contributed by atoms with van der Waals surface area (Å²) in [6.45, 7) is -0.542. The fourth-order valence-electron chi connectivity index (χ4n) is 4.13. The average Bonchev–Trinajstić information content (AvgIpc) is 3.41. The van der Waals surface area contributed by atoms with Gasteiger partial charge in [0.2, 0.25) is 0 Å². The first kappa shape index (κ1) is 23.3. The maximum atomic E-state index is 14.8. The second kappa shape index (κ2) is 8.84. The maximum Gasteiger partial charge on any atom is 0.407 e. The van der Waals surface area contributed by atoms with E-state index in [0.29, 0.717) is 30.6 Å². The highest BCUT2D eigenvalue weighted by molar-refractivity contribution is 7.90. The normalized spacial score (nSPS) is 21.6. The molecule has 180 valence electrons. The Balaban J connectivity index is 1.31. The number of H-pyrrole nitrogens is 1. The number of alkyl carbamates (subject to hydrolysis) is 1. The van der Waals surface area contributed by atoms with Crippen LogP contribution in [-0.4, -0.2) is 43.5 Å². The number of sulfone groups is 1. The van der Waals surface area contributed by atoms with Gasteiger partial charge in [0.05, 0.1) is 23.6 Å². The zero-order valence-electron chi connectivity index (χ0n) is 17.3. The van der Waals surface area contributed by atoms with Gasteiger partial charge in [-0.05, 0) is 30.9 Å². The highest BCUT2D eigenvalue weighted by Crippen LogP contribution is 2.37. The number of ether oxygens (including phenoxy) is 1. The van der Waals surface area contributed by atoms with Gasteiger partial charge in [-0.1, -0.05) is 6.07 Å². The Kier molecular flexibility index (Phi) is 6.25. The van der Waals surface area contributed by atoms with Crippen LogP contribution in [0.25, 0.3) is 0 Å². The molecule has 1 aromatic carbocycles. The molecule has 1 aliphatic heterocycles. The summed E-state index contributed by atoms with van der Waals surface area (Å²) in [7, 11) is -3.33. The van der Waals surface area contributed by atoms with Crippen LogP contribution >= 0.6 is 0 Å². The number of carbonyl (C=O) groups excluding carboxylic acids is 1. The van der Waals surface area contributed by atoms with Crippen molar-refractivity contribution >= 4 is 27.4 Å². The van der Waals surface area contributed by atoms with Crippen molar-refractivity contribution in [2.45, 2.75) is 55.4 Å². The number of aromatic amines is 1. The SMILES string of the molecule is O=C(NCCC(F)(F)F)OC1CCC(c2cc(Nc3ccc4c(c3F)CS(=O)(=O)C4)n[nH]2)C1. The molecule has 2 atom stereocenters. The fraction of sp³-hybridized carbons (Fsp3) is 0.500. The number of benzene rings is 1. The summed E-state index contributed by atoms with van der Waals surface area (Å²) in [5, 5.41) is 11.9. The summed E-state index contributed by atoms with van der Waals surface area (Å²) < 4.78 is 79.9. The largest absolute Gasteiger partial charge is 0.446 e. The summed E-state index contributed by atoms with van der Waals surface area (Å²) in [5.74, 6) is -0.792. The molecule has 2 aliphatic rings. The van der Waals surface area contributed by atoms with Crippen LogP contribution in [-0.2, 0) is 26.1 Å². The van der Waals surface area contributed by atoms with E-state index in [4.69, 9.17) is 4.74 Å². The van der Waals surface area contributed by atoms with Crippen LogP contribution in [0.4, 0.5) is 33.9 Å².